The molecule has 0 aliphatic carbocycles. The highest BCUT2D eigenvalue weighted by Gasteiger charge is 2.04. The fourth-order valence-corrected chi connectivity index (χ4v) is 2.14. The number of halogens is 1. The van der Waals surface area contributed by atoms with Crippen LogP contribution in [0, 0.1) is 18.3 Å². The van der Waals surface area contributed by atoms with Gasteiger partial charge in [0.1, 0.15) is 12.4 Å². The molecule has 0 spiro atoms. The zero-order valence-corrected chi connectivity index (χ0v) is 14.4. The first-order chi connectivity index (χ1) is 10.1. The van der Waals surface area contributed by atoms with Crippen molar-refractivity contribution in [2.24, 2.45) is 5.92 Å². The van der Waals surface area contributed by atoms with E-state index in [9.17, 15) is 0 Å². The Kier molecular flexibility index (Phi) is 9.16. The van der Waals surface area contributed by atoms with Crippen LogP contribution < -0.4 is 10.1 Å². The Bertz CT molecular complexity index is 455. The fraction of sp³-hybridized carbons (Fsp3) is 0.529. The van der Waals surface area contributed by atoms with Gasteiger partial charge >= 0.3 is 0 Å². The van der Waals surface area contributed by atoms with Crippen molar-refractivity contribution in [2.45, 2.75) is 26.8 Å². The Morgan fingerprint density at radius 3 is 2.86 bits per heavy atom. The summed E-state index contributed by atoms with van der Waals surface area (Å²) in [5.41, 5.74) is 1.09. The molecule has 1 aromatic carbocycles. The molecular weight excluding hydrogens is 330 g/mol. The summed E-state index contributed by atoms with van der Waals surface area (Å²) in [6.45, 7) is 7.78. The highest BCUT2D eigenvalue weighted by Crippen LogP contribution is 2.23. The highest BCUT2D eigenvalue weighted by molar-refractivity contribution is 9.10. The van der Waals surface area contributed by atoms with E-state index in [0.717, 1.165) is 48.5 Å². The summed E-state index contributed by atoms with van der Waals surface area (Å²) >= 11 is 3.47. The van der Waals surface area contributed by atoms with Gasteiger partial charge in [0.15, 0.2) is 0 Å². The van der Waals surface area contributed by atoms with Gasteiger partial charge in [0.05, 0.1) is 6.61 Å². The Labute approximate surface area is 136 Å². The molecule has 0 amide bonds. The maximum absolute atomic E-state index is 5.57. The number of hydrogen-bond acceptors (Lipinski definition) is 3. The number of terminal acetylenes is 1. The lowest BCUT2D eigenvalue weighted by molar-refractivity contribution is 0.125. The Balaban J connectivity index is 2.30. The largest absolute Gasteiger partial charge is 0.481 e. The molecule has 0 aliphatic heterocycles. The van der Waals surface area contributed by atoms with Crippen LogP contribution in [0.25, 0.3) is 0 Å². The molecule has 0 fully saturated rings. The predicted molar refractivity (Wildman–Crippen MR) is 90.5 cm³/mol. The van der Waals surface area contributed by atoms with Gasteiger partial charge in [-0.1, -0.05) is 35.7 Å². The summed E-state index contributed by atoms with van der Waals surface area (Å²) in [6.07, 6.45) is 6.34. The van der Waals surface area contributed by atoms with E-state index in [0.29, 0.717) is 5.92 Å². The van der Waals surface area contributed by atoms with Gasteiger partial charge < -0.3 is 14.8 Å². The molecular formula is C17H24BrNO2. The normalized spacial score (nSPS) is 10.6. The van der Waals surface area contributed by atoms with Crippen molar-refractivity contribution in [1.82, 2.24) is 5.32 Å². The molecule has 3 nitrogen and oxygen atoms in total. The van der Waals surface area contributed by atoms with Crippen LogP contribution in [-0.4, -0.2) is 26.4 Å². The smallest absolute Gasteiger partial charge is 0.148 e. The summed E-state index contributed by atoms with van der Waals surface area (Å²) in [7, 11) is 0. The molecule has 0 aromatic heterocycles. The molecule has 1 aromatic rings. The van der Waals surface area contributed by atoms with Gasteiger partial charge in [-0.05, 0) is 30.5 Å². The molecule has 1 N–H and O–H groups in total. The Morgan fingerprint density at radius 1 is 1.33 bits per heavy atom. The average molecular weight is 354 g/mol. The zero-order valence-electron chi connectivity index (χ0n) is 12.8. The second-order valence-corrected chi connectivity index (χ2v) is 6.13. The minimum absolute atomic E-state index is 0.285. The number of ether oxygens (including phenoxy) is 2. The third-order valence-corrected chi connectivity index (χ3v) is 3.40. The molecule has 0 unspecified atom stereocenters. The van der Waals surface area contributed by atoms with Gasteiger partial charge in [-0.25, -0.2) is 0 Å². The molecule has 0 saturated carbocycles. The number of nitrogens with one attached hydrogen (secondary N) is 1. The lowest BCUT2D eigenvalue weighted by atomic mass is 10.1. The van der Waals surface area contributed by atoms with Crippen LogP contribution in [0.1, 0.15) is 25.8 Å². The maximum Gasteiger partial charge on any atom is 0.148 e. The van der Waals surface area contributed by atoms with Gasteiger partial charge in [-0.15, -0.1) is 6.42 Å². The summed E-state index contributed by atoms with van der Waals surface area (Å²) in [4.78, 5) is 0. The van der Waals surface area contributed by atoms with Crippen LogP contribution in [-0.2, 0) is 11.3 Å². The topological polar surface area (TPSA) is 30.5 Å². The SMILES string of the molecule is C#CCOc1ccc(Br)cc1CNCCOCCC(C)C. The van der Waals surface area contributed by atoms with Crippen molar-refractivity contribution >= 4 is 15.9 Å². The van der Waals surface area contributed by atoms with Crippen molar-refractivity contribution in [3.05, 3.63) is 28.2 Å². The molecule has 0 radical (unpaired) electrons. The monoisotopic (exact) mass is 353 g/mol. The van der Waals surface area contributed by atoms with E-state index >= 15 is 0 Å². The molecule has 116 valence electrons. The van der Waals surface area contributed by atoms with E-state index in [-0.39, 0.29) is 6.61 Å². The van der Waals surface area contributed by atoms with E-state index in [1.54, 1.807) is 0 Å². The van der Waals surface area contributed by atoms with Crippen molar-refractivity contribution in [3.8, 4) is 18.1 Å². The van der Waals surface area contributed by atoms with Gasteiger partial charge in [-0.2, -0.15) is 0 Å². The van der Waals surface area contributed by atoms with E-state index in [2.05, 4.69) is 41.0 Å². The van der Waals surface area contributed by atoms with Crippen molar-refractivity contribution < 1.29 is 9.47 Å². The van der Waals surface area contributed by atoms with Crippen molar-refractivity contribution in [3.63, 3.8) is 0 Å². The van der Waals surface area contributed by atoms with E-state index in [4.69, 9.17) is 15.9 Å². The first-order valence-electron chi connectivity index (χ1n) is 7.26. The molecule has 4 heteroatoms. The van der Waals surface area contributed by atoms with Crippen LogP contribution in [0.2, 0.25) is 0 Å². The van der Waals surface area contributed by atoms with Crippen LogP contribution in [0.3, 0.4) is 0 Å². The predicted octanol–water partition coefficient (Wildman–Crippen LogP) is 3.61. The molecule has 21 heavy (non-hydrogen) atoms. The van der Waals surface area contributed by atoms with Crippen LogP contribution in [0.5, 0.6) is 5.75 Å². The minimum atomic E-state index is 0.285. The highest BCUT2D eigenvalue weighted by atomic mass is 79.9. The molecule has 0 atom stereocenters. The number of rotatable bonds is 10. The van der Waals surface area contributed by atoms with Gasteiger partial charge in [0.25, 0.3) is 0 Å². The molecule has 1 rings (SSSR count). The minimum Gasteiger partial charge on any atom is -0.481 e. The molecule has 0 aliphatic rings. The van der Waals surface area contributed by atoms with E-state index in [1.165, 1.54) is 0 Å². The first kappa shape index (κ1) is 18.0. The Hall–Kier alpha value is -1.02. The standard InChI is InChI=1S/C17H24BrNO2/c1-4-9-21-17-6-5-16(18)12-15(17)13-19-8-11-20-10-7-14(2)3/h1,5-6,12,14,19H,7-11,13H2,2-3H3. The zero-order chi connectivity index (χ0) is 15.5. The maximum atomic E-state index is 5.57. The van der Waals surface area contributed by atoms with Gasteiger partial charge in [0.2, 0.25) is 0 Å². The number of benzene rings is 1. The lowest BCUT2D eigenvalue weighted by Crippen LogP contribution is -2.20. The second kappa shape index (κ2) is 10.7. The molecule has 0 heterocycles. The summed E-state index contributed by atoms with van der Waals surface area (Å²) < 4.78 is 12.1. The van der Waals surface area contributed by atoms with Crippen molar-refractivity contribution in [2.75, 3.05) is 26.4 Å². The molecule has 0 saturated heterocycles. The third-order valence-electron chi connectivity index (χ3n) is 2.91. The third kappa shape index (κ3) is 8.11. The summed E-state index contributed by atoms with van der Waals surface area (Å²) in [5.74, 6) is 4.00. The first-order valence-corrected chi connectivity index (χ1v) is 8.06. The van der Waals surface area contributed by atoms with Crippen LogP contribution >= 0.6 is 15.9 Å². The Morgan fingerprint density at radius 2 is 2.14 bits per heavy atom. The van der Waals surface area contributed by atoms with E-state index < -0.39 is 0 Å². The second-order valence-electron chi connectivity index (χ2n) is 5.22. The fourth-order valence-electron chi connectivity index (χ4n) is 1.73. The van der Waals surface area contributed by atoms with E-state index in [1.807, 2.05) is 18.2 Å². The quantitative estimate of drug-likeness (QED) is 0.514. The summed E-state index contributed by atoms with van der Waals surface area (Å²) in [5, 5.41) is 3.36. The van der Waals surface area contributed by atoms with Gasteiger partial charge in [0, 0.05) is 29.7 Å². The van der Waals surface area contributed by atoms with Crippen molar-refractivity contribution in [1.29, 1.82) is 0 Å². The lowest BCUT2D eigenvalue weighted by Gasteiger charge is -2.12. The molecule has 0 bridgehead atoms. The van der Waals surface area contributed by atoms with Crippen LogP contribution in [0.4, 0.5) is 0 Å². The summed E-state index contributed by atoms with van der Waals surface area (Å²) in [6, 6.07) is 5.92. The average Bonchev–Trinajstić information content (AvgIpc) is 2.45. The number of hydrogen-bond donors (Lipinski definition) is 1. The van der Waals surface area contributed by atoms with Crippen LogP contribution in [0.15, 0.2) is 22.7 Å². The van der Waals surface area contributed by atoms with Gasteiger partial charge in [-0.3, -0.25) is 0 Å².